The number of nitrogens with one attached hydrogen (secondary N) is 2. The lowest BCUT2D eigenvalue weighted by atomic mass is 10.1. The van der Waals surface area contributed by atoms with Gasteiger partial charge >= 0.3 is 0 Å². The number of carbonyl (C=O) groups is 2. The molecular formula is C25H19Cl2N3O2S. The van der Waals surface area contributed by atoms with Gasteiger partial charge in [-0.15, -0.1) is 0 Å². The first-order valence-electron chi connectivity index (χ1n) is 10.4. The normalized spacial score (nSPS) is 17.1. The number of nitrogens with zero attached hydrogens (tertiary/aromatic N) is 1. The molecule has 1 fully saturated rings. The summed E-state index contributed by atoms with van der Waals surface area (Å²) in [6, 6.07) is 18.4. The van der Waals surface area contributed by atoms with Crippen LogP contribution in [0.3, 0.4) is 0 Å². The molecule has 5 rings (SSSR count). The summed E-state index contributed by atoms with van der Waals surface area (Å²) in [7, 11) is 0. The van der Waals surface area contributed by atoms with E-state index >= 15 is 0 Å². The van der Waals surface area contributed by atoms with Gasteiger partial charge in [-0.25, -0.2) is 4.98 Å². The van der Waals surface area contributed by atoms with Crippen molar-refractivity contribution in [3.63, 3.8) is 0 Å². The molecular weight excluding hydrogens is 477 g/mol. The van der Waals surface area contributed by atoms with Crippen LogP contribution in [0.2, 0.25) is 10.0 Å². The van der Waals surface area contributed by atoms with Gasteiger partial charge in [0.1, 0.15) is 0 Å². The van der Waals surface area contributed by atoms with Gasteiger partial charge in [-0.3, -0.25) is 9.59 Å². The number of rotatable bonds is 5. The number of hydrogen-bond donors (Lipinski definition) is 2. The third-order valence-corrected chi connectivity index (χ3v) is 7.23. The van der Waals surface area contributed by atoms with Gasteiger partial charge in [-0.2, -0.15) is 0 Å². The molecule has 2 amide bonds. The molecule has 1 unspecified atom stereocenters. The Morgan fingerprint density at radius 1 is 1.03 bits per heavy atom. The van der Waals surface area contributed by atoms with Crippen molar-refractivity contribution in [1.82, 2.24) is 4.98 Å². The lowest BCUT2D eigenvalue weighted by molar-refractivity contribution is -0.117. The van der Waals surface area contributed by atoms with Crippen LogP contribution in [-0.2, 0) is 4.79 Å². The minimum Gasteiger partial charge on any atom is -0.320 e. The number of fused-ring (bicyclic) bond motifs is 1. The number of amides is 2. The maximum atomic E-state index is 12.8. The number of para-hydroxylation sites is 1. The van der Waals surface area contributed by atoms with E-state index in [1.165, 1.54) is 11.3 Å². The summed E-state index contributed by atoms with van der Waals surface area (Å²) < 4.78 is 0.816. The standard InChI is InChI=1S/C25H19Cl2N3O2S/c1-13-4-2-7-19(27)22(13)29-23(31)15-8-9-20-21(11-15)33-25(28-20)30-24(32)18-12-17(18)14-5-3-6-16(26)10-14/h2-11,17-18H,12H2,1H3,(H,29,31)(H,28,30,32)/t17-,18?/m0/s1. The van der Waals surface area contributed by atoms with Crippen molar-refractivity contribution in [2.24, 2.45) is 5.92 Å². The molecule has 8 heteroatoms. The van der Waals surface area contributed by atoms with Crippen LogP contribution in [-0.4, -0.2) is 16.8 Å². The highest BCUT2D eigenvalue weighted by Crippen LogP contribution is 2.48. The zero-order valence-corrected chi connectivity index (χ0v) is 19.9. The van der Waals surface area contributed by atoms with E-state index in [-0.39, 0.29) is 23.7 Å². The number of benzene rings is 3. The van der Waals surface area contributed by atoms with Crippen LogP contribution in [0.25, 0.3) is 10.2 Å². The van der Waals surface area contributed by atoms with Crippen molar-refractivity contribution >= 4 is 67.4 Å². The number of thiazole rings is 1. The van der Waals surface area contributed by atoms with E-state index in [9.17, 15) is 9.59 Å². The predicted octanol–water partition coefficient (Wildman–Crippen LogP) is 6.91. The molecule has 1 aromatic heterocycles. The fraction of sp³-hybridized carbons (Fsp3) is 0.160. The fourth-order valence-electron chi connectivity index (χ4n) is 3.88. The number of anilines is 2. The van der Waals surface area contributed by atoms with Crippen molar-refractivity contribution < 1.29 is 9.59 Å². The van der Waals surface area contributed by atoms with Crippen LogP contribution in [0.15, 0.2) is 60.7 Å². The summed E-state index contributed by atoms with van der Waals surface area (Å²) >= 11 is 13.6. The van der Waals surface area contributed by atoms with Crippen LogP contribution in [0.4, 0.5) is 10.8 Å². The number of hydrogen-bond acceptors (Lipinski definition) is 4. The Kier molecular flexibility index (Phi) is 5.83. The average Bonchev–Trinajstić information content (AvgIpc) is 3.49. The largest absolute Gasteiger partial charge is 0.320 e. The van der Waals surface area contributed by atoms with Crippen molar-refractivity contribution in [1.29, 1.82) is 0 Å². The highest BCUT2D eigenvalue weighted by atomic mass is 35.5. The second-order valence-electron chi connectivity index (χ2n) is 8.08. The fourth-order valence-corrected chi connectivity index (χ4v) is 5.26. The van der Waals surface area contributed by atoms with E-state index in [4.69, 9.17) is 23.2 Å². The molecule has 3 aromatic carbocycles. The number of halogens is 2. The SMILES string of the molecule is Cc1cccc(Cl)c1NC(=O)c1ccc2nc(NC(=O)C3C[C@H]3c3cccc(Cl)c3)sc2c1. The minimum atomic E-state index is -0.255. The van der Waals surface area contributed by atoms with Gasteiger partial charge in [-0.05, 0) is 66.8 Å². The summed E-state index contributed by atoms with van der Waals surface area (Å²) in [6.45, 7) is 1.89. The van der Waals surface area contributed by atoms with Gasteiger partial charge in [0.2, 0.25) is 5.91 Å². The minimum absolute atomic E-state index is 0.0498. The zero-order chi connectivity index (χ0) is 23.1. The first-order valence-corrected chi connectivity index (χ1v) is 12.0. The van der Waals surface area contributed by atoms with Crippen LogP contribution in [0, 0.1) is 12.8 Å². The van der Waals surface area contributed by atoms with Gasteiger partial charge < -0.3 is 10.6 Å². The topological polar surface area (TPSA) is 71.1 Å². The second kappa shape index (κ2) is 8.78. The summed E-state index contributed by atoms with van der Waals surface area (Å²) in [6.07, 6.45) is 0.794. The Morgan fingerprint density at radius 3 is 2.64 bits per heavy atom. The Balaban J connectivity index is 1.28. The average molecular weight is 496 g/mol. The zero-order valence-electron chi connectivity index (χ0n) is 17.6. The molecule has 4 aromatic rings. The molecule has 0 bridgehead atoms. The monoisotopic (exact) mass is 495 g/mol. The van der Waals surface area contributed by atoms with Crippen molar-refractivity contribution in [3.8, 4) is 0 Å². The van der Waals surface area contributed by atoms with Gasteiger partial charge in [-0.1, -0.05) is 58.8 Å². The Morgan fingerprint density at radius 2 is 1.85 bits per heavy atom. The molecule has 2 atom stereocenters. The second-order valence-corrected chi connectivity index (χ2v) is 9.95. The summed E-state index contributed by atoms with van der Waals surface area (Å²) in [5.74, 6) is -0.210. The predicted molar refractivity (Wildman–Crippen MR) is 135 cm³/mol. The van der Waals surface area contributed by atoms with Gasteiger partial charge in [0, 0.05) is 16.5 Å². The van der Waals surface area contributed by atoms with Crippen molar-refractivity contribution in [2.45, 2.75) is 19.3 Å². The highest BCUT2D eigenvalue weighted by Gasteiger charge is 2.44. The van der Waals surface area contributed by atoms with E-state index in [0.29, 0.717) is 26.4 Å². The number of carbonyl (C=O) groups excluding carboxylic acids is 2. The van der Waals surface area contributed by atoms with E-state index in [0.717, 1.165) is 27.8 Å². The molecule has 166 valence electrons. The molecule has 1 heterocycles. The molecule has 5 nitrogen and oxygen atoms in total. The molecule has 2 N–H and O–H groups in total. The lowest BCUT2D eigenvalue weighted by Crippen LogP contribution is -2.14. The molecule has 0 aliphatic heterocycles. The quantitative estimate of drug-likeness (QED) is 0.316. The smallest absolute Gasteiger partial charge is 0.255 e. The van der Waals surface area contributed by atoms with E-state index in [1.807, 2.05) is 43.3 Å². The maximum Gasteiger partial charge on any atom is 0.255 e. The first-order chi connectivity index (χ1) is 15.9. The summed E-state index contributed by atoms with van der Waals surface area (Å²) in [5.41, 5.74) is 3.78. The molecule has 0 radical (unpaired) electrons. The van der Waals surface area contributed by atoms with Crippen LogP contribution >= 0.6 is 34.5 Å². The van der Waals surface area contributed by atoms with Gasteiger partial charge in [0.15, 0.2) is 5.13 Å². The third-order valence-electron chi connectivity index (χ3n) is 5.75. The van der Waals surface area contributed by atoms with E-state index in [1.54, 1.807) is 24.3 Å². The molecule has 1 saturated carbocycles. The van der Waals surface area contributed by atoms with Crippen molar-refractivity contribution in [2.75, 3.05) is 10.6 Å². The first kappa shape index (κ1) is 21.9. The maximum absolute atomic E-state index is 12.8. The molecule has 1 aliphatic rings. The third kappa shape index (κ3) is 4.60. The highest BCUT2D eigenvalue weighted by molar-refractivity contribution is 7.22. The van der Waals surface area contributed by atoms with Crippen molar-refractivity contribution in [3.05, 3.63) is 87.4 Å². The van der Waals surface area contributed by atoms with Gasteiger partial charge in [0.05, 0.1) is 20.9 Å². The Bertz CT molecular complexity index is 1380. The van der Waals surface area contributed by atoms with E-state index in [2.05, 4.69) is 15.6 Å². The Hall–Kier alpha value is -2.93. The molecule has 0 saturated heterocycles. The van der Waals surface area contributed by atoms with Crippen LogP contribution in [0.1, 0.15) is 33.8 Å². The molecule has 0 spiro atoms. The van der Waals surface area contributed by atoms with Crippen LogP contribution in [0.5, 0.6) is 0 Å². The number of aryl methyl sites for hydroxylation is 1. The molecule has 1 aliphatic carbocycles. The summed E-state index contributed by atoms with van der Waals surface area (Å²) in [5, 5.41) is 7.49. The van der Waals surface area contributed by atoms with Crippen LogP contribution < -0.4 is 10.6 Å². The van der Waals surface area contributed by atoms with Gasteiger partial charge in [0.25, 0.3) is 5.91 Å². The van der Waals surface area contributed by atoms with E-state index < -0.39 is 0 Å². The number of aromatic nitrogens is 1. The summed E-state index contributed by atoms with van der Waals surface area (Å²) in [4.78, 5) is 30.0. The lowest BCUT2D eigenvalue weighted by Gasteiger charge is -2.10. The molecule has 33 heavy (non-hydrogen) atoms. The Labute approximate surface area is 204 Å².